The van der Waals surface area contributed by atoms with E-state index in [1.54, 1.807) is 0 Å². The van der Waals surface area contributed by atoms with Gasteiger partial charge in [0.25, 0.3) is 0 Å². The molecule has 0 bridgehead atoms. The topological polar surface area (TPSA) is 63.1 Å². The van der Waals surface area contributed by atoms with Crippen LogP contribution in [0.2, 0.25) is 0 Å². The summed E-state index contributed by atoms with van der Waals surface area (Å²) in [5.41, 5.74) is 1.08. The van der Waals surface area contributed by atoms with E-state index < -0.39 is 5.92 Å². The molecule has 1 amide bonds. The third-order valence-corrected chi connectivity index (χ3v) is 8.13. The van der Waals surface area contributed by atoms with Crippen LogP contribution in [0.5, 0.6) is 0 Å². The van der Waals surface area contributed by atoms with Gasteiger partial charge in [-0.3, -0.25) is 4.79 Å². The molecule has 1 aromatic heterocycles. The lowest BCUT2D eigenvalue weighted by atomic mass is 9.84. The Morgan fingerprint density at radius 2 is 1.91 bits per heavy atom. The predicted molar refractivity (Wildman–Crippen MR) is 126 cm³/mol. The van der Waals surface area contributed by atoms with Gasteiger partial charge in [-0.1, -0.05) is 30.3 Å². The Hall–Kier alpha value is -2.35. The SMILES string of the molecule is Cc1nnc2n1[C@@H]1CCN(CC[C@H](NC(=O)C3CCC(F)(F)CC3)c3ccccc3)C[C@H]1CC2. The molecule has 0 radical (unpaired) electrons. The number of nitrogens with one attached hydrogen (secondary N) is 1. The Morgan fingerprint density at radius 1 is 1.15 bits per heavy atom. The number of benzene rings is 1. The zero-order chi connectivity index (χ0) is 23.7. The number of likely N-dealkylation sites (tertiary alicyclic amines) is 1. The minimum Gasteiger partial charge on any atom is -0.349 e. The fourth-order valence-electron chi connectivity index (χ4n) is 6.16. The van der Waals surface area contributed by atoms with E-state index in [1.807, 2.05) is 37.3 Å². The first-order valence-corrected chi connectivity index (χ1v) is 12.8. The molecule has 1 saturated heterocycles. The van der Waals surface area contributed by atoms with E-state index in [0.29, 0.717) is 12.0 Å². The van der Waals surface area contributed by atoms with Crippen molar-refractivity contribution >= 4 is 5.91 Å². The average Bonchev–Trinajstić information content (AvgIpc) is 3.23. The van der Waals surface area contributed by atoms with E-state index in [0.717, 1.165) is 62.5 Å². The molecule has 3 heterocycles. The maximum atomic E-state index is 13.6. The minimum absolute atomic E-state index is 0.0778. The van der Waals surface area contributed by atoms with Gasteiger partial charge in [0.2, 0.25) is 11.8 Å². The normalized spacial score (nSPS) is 25.9. The number of rotatable bonds is 6. The molecule has 1 N–H and O–H groups in total. The number of nitrogens with zero attached hydrogens (tertiary/aromatic N) is 4. The molecule has 184 valence electrons. The van der Waals surface area contributed by atoms with Crippen LogP contribution in [0.4, 0.5) is 8.78 Å². The van der Waals surface area contributed by atoms with Gasteiger partial charge in [0.05, 0.1) is 6.04 Å². The van der Waals surface area contributed by atoms with Crippen LogP contribution in [-0.4, -0.2) is 51.1 Å². The summed E-state index contributed by atoms with van der Waals surface area (Å²) in [6.45, 7) is 5.02. The zero-order valence-corrected chi connectivity index (χ0v) is 19.9. The van der Waals surface area contributed by atoms with Crippen LogP contribution in [-0.2, 0) is 11.2 Å². The van der Waals surface area contributed by atoms with E-state index in [9.17, 15) is 13.6 Å². The molecule has 2 fully saturated rings. The van der Waals surface area contributed by atoms with Crippen molar-refractivity contribution < 1.29 is 13.6 Å². The second-order valence-electron chi connectivity index (χ2n) is 10.4. The molecule has 0 spiro atoms. The second-order valence-corrected chi connectivity index (χ2v) is 10.4. The molecule has 1 aromatic carbocycles. The Morgan fingerprint density at radius 3 is 2.68 bits per heavy atom. The highest BCUT2D eigenvalue weighted by molar-refractivity contribution is 5.79. The summed E-state index contributed by atoms with van der Waals surface area (Å²) in [5, 5.41) is 11.9. The van der Waals surface area contributed by atoms with Crippen LogP contribution in [0.1, 0.15) is 74.2 Å². The lowest BCUT2D eigenvalue weighted by molar-refractivity contribution is -0.130. The third-order valence-electron chi connectivity index (χ3n) is 8.13. The number of alkyl halides is 2. The third kappa shape index (κ3) is 5.02. The van der Waals surface area contributed by atoms with Gasteiger partial charge >= 0.3 is 0 Å². The highest BCUT2D eigenvalue weighted by Crippen LogP contribution is 2.38. The molecular formula is C26H35F2N5O. The quantitative estimate of drug-likeness (QED) is 0.675. The zero-order valence-electron chi connectivity index (χ0n) is 19.9. The van der Waals surface area contributed by atoms with Gasteiger partial charge in [0, 0.05) is 50.9 Å². The fourth-order valence-corrected chi connectivity index (χ4v) is 6.16. The number of amides is 1. The molecule has 5 rings (SSSR count). The largest absolute Gasteiger partial charge is 0.349 e. The molecule has 3 aliphatic rings. The Bertz CT molecular complexity index is 984. The van der Waals surface area contributed by atoms with Gasteiger partial charge in [-0.15, -0.1) is 10.2 Å². The lowest BCUT2D eigenvalue weighted by Gasteiger charge is -2.42. The molecule has 0 unspecified atom stereocenters. The van der Waals surface area contributed by atoms with Crippen LogP contribution >= 0.6 is 0 Å². The summed E-state index contributed by atoms with van der Waals surface area (Å²) < 4.78 is 29.5. The number of aromatic nitrogens is 3. The predicted octanol–water partition coefficient (Wildman–Crippen LogP) is 4.47. The van der Waals surface area contributed by atoms with Crippen molar-refractivity contribution in [2.75, 3.05) is 19.6 Å². The molecule has 1 aliphatic carbocycles. The van der Waals surface area contributed by atoms with Crippen molar-refractivity contribution in [3.05, 3.63) is 47.5 Å². The molecular weight excluding hydrogens is 436 g/mol. The number of halogens is 2. The fraction of sp³-hybridized carbons (Fsp3) is 0.654. The molecule has 6 nitrogen and oxygen atoms in total. The first-order chi connectivity index (χ1) is 16.4. The Labute approximate surface area is 200 Å². The van der Waals surface area contributed by atoms with Gasteiger partial charge in [-0.25, -0.2) is 8.78 Å². The van der Waals surface area contributed by atoms with Crippen molar-refractivity contribution in [3.8, 4) is 0 Å². The molecule has 2 aromatic rings. The number of carbonyl (C=O) groups is 1. The number of hydrogen-bond acceptors (Lipinski definition) is 4. The van der Waals surface area contributed by atoms with Gasteiger partial charge in [0.15, 0.2) is 0 Å². The summed E-state index contributed by atoms with van der Waals surface area (Å²) >= 11 is 0. The average molecular weight is 472 g/mol. The van der Waals surface area contributed by atoms with E-state index in [1.165, 1.54) is 0 Å². The van der Waals surface area contributed by atoms with Crippen LogP contribution in [0.25, 0.3) is 0 Å². The van der Waals surface area contributed by atoms with Gasteiger partial charge in [-0.2, -0.15) is 0 Å². The van der Waals surface area contributed by atoms with Crippen LogP contribution in [0.15, 0.2) is 30.3 Å². The first-order valence-electron chi connectivity index (χ1n) is 12.8. The molecule has 3 atom stereocenters. The number of aryl methyl sites for hydroxylation is 2. The molecule has 2 aliphatic heterocycles. The number of fused-ring (bicyclic) bond motifs is 3. The maximum absolute atomic E-state index is 13.6. The Balaban J connectivity index is 1.20. The van der Waals surface area contributed by atoms with Crippen molar-refractivity contribution in [2.24, 2.45) is 11.8 Å². The first kappa shape index (κ1) is 23.4. The van der Waals surface area contributed by atoms with E-state index in [2.05, 4.69) is 25.0 Å². The van der Waals surface area contributed by atoms with Gasteiger partial charge < -0.3 is 14.8 Å². The maximum Gasteiger partial charge on any atom is 0.248 e. The summed E-state index contributed by atoms with van der Waals surface area (Å²) in [7, 11) is 0. The van der Waals surface area contributed by atoms with Crippen LogP contribution in [0, 0.1) is 18.8 Å². The van der Waals surface area contributed by atoms with Crippen molar-refractivity contribution in [2.45, 2.75) is 76.3 Å². The van der Waals surface area contributed by atoms with Crippen LogP contribution < -0.4 is 5.32 Å². The van der Waals surface area contributed by atoms with E-state index in [-0.39, 0.29) is 43.6 Å². The smallest absolute Gasteiger partial charge is 0.248 e. The summed E-state index contributed by atoms with van der Waals surface area (Å²) in [6.07, 6.45) is 4.18. The van der Waals surface area contributed by atoms with Gasteiger partial charge in [-0.05, 0) is 50.5 Å². The van der Waals surface area contributed by atoms with E-state index >= 15 is 0 Å². The lowest BCUT2D eigenvalue weighted by Crippen LogP contribution is -2.45. The highest BCUT2D eigenvalue weighted by atomic mass is 19.3. The van der Waals surface area contributed by atoms with Gasteiger partial charge in [0.1, 0.15) is 11.6 Å². The number of carbonyl (C=O) groups excluding carboxylic acids is 1. The standard InChI is InChI=1S/C26H35F2N5O/c1-18-30-31-24-8-7-21-17-32(16-12-23(21)33(18)24)15-11-22(19-5-3-2-4-6-19)29-25(34)20-9-13-26(27,28)14-10-20/h2-6,20-23H,7-17H2,1H3,(H,29,34)/t21-,22+,23-/m1/s1. The summed E-state index contributed by atoms with van der Waals surface area (Å²) in [5.74, 6) is -0.266. The van der Waals surface area contributed by atoms with Crippen molar-refractivity contribution in [3.63, 3.8) is 0 Å². The van der Waals surface area contributed by atoms with Crippen LogP contribution in [0.3, 0.4) is 0 Å². The summed E-state index contributed by atoms with van der Waals surface area (Å²) in [6, 6.07) is 10.4. The molecule has 34 heavy (non-hydrogen) atoms. The number of hydrogen-bond donors (Lipinski definition) is 1. The minimum atomic E-state index is -2.62. The second kappa shape index (κ2) is 9.72. The molecule has 8 heteroatoms. The van der Waals surface area contributed by atoms with E-state index in [4.69, 9.17) is 0 Å². The van der Waals surface area contributed by atoms with Crippen molar-refractivity contribution in [1.82, 2.24) is 25.0 Å². The monoisotopic (exact) mass is 471 g/mol. The van der Waals surface area contributed by atoms with Crippen molar-refractivity contribution in [1.29, 1.82) is 0 Å². The summed E-state index contributed by atoms with van der Waals surface area (Å²) in [4.78, 5) is 15.5. The number of piperidine rings is 1. The molecule has 1 saturated carbocycles. The highest BCUT2D eigenvalue weighted by Gasteiger charge is 2.38. The Kier molecular flexibility index (Phi) is 6.69.